The molecule has 0 saturated carbocycles. The van der Waals surface area contributed by atoms with Gasteiger partial charge in [0, 0.05) is 42.8 Å². The van der Waals surface area contributed by atoms with E-state index in [0.717, 1.165) is 16.9 Å². The minimum absolute atomic E-state index is 0.0570. The highest BCUT2D eigenvalue weighted by Gasteiger charge is 2.25. The summed E-state index contributed by atoms with van der Waals surface area (Å²) in [5.41, 5.74) is 2.07. The minimum atomic E-state index is -0.0570. The van der Waals surface area contributed by atoms with Gasteiger partial charge in [0.25, 0.3) is 5.91 Å². The Morgan fingerprint density at radius 3 is 2.38 bits per heavy atom. The van der Waals surface area contributed by atoms with Gasteiger partial charge >= 0.3 is 0 Å². The van der Waals surface area contributed by atoms with Crippen molar-refractivity contribution in [1.29, 1.82) is 0 Å². The number of ether oxygens (including phenoxy) is 2. The molecule has 3 heterocycles. The van der Waals surface area contributed by atoms with E-state index < -0.39 is 0 Å². The number of halogens is 1. The number of hydrogen-bond acceptors (Lipinski definition) is 7. The van der Waals surface area contributed by atoms with E-state index in [1.165, 1.54) is 0 Å². The Morgan fingerprint density at radius 1 is 0.971 bits per heavy atom. The number of piperazine rings is 1. The van der Waals surface area contributed by atoms with Gasteiger partial charge in [0.1, 0.15) is 23.6 Å². The highest BCUT2D eigenvalue weighted by molar-refractivity contribution is 6.30. The van der Waals surface area contributed by atoms with E-state index in [2.05, 4.69) is 20.0 Å². The van der Waals surface area contributed by atoms with Crippen LogP contribution in [0.1, 0.15) is 10.4 Å². The first-order chi connectivity index (χ1) is 16.6. The lowest BCUT2D eigenvalue weighted by molar-refractivity contribution is 0.0746. The lowest BCUT2D eigenvalue weighted by Gasteiger charge is -2.35. The molecule has 0 spiro atoms. The van der Waals surface area contributed by atoms with Crippen LogP contribution in [0, 0.1) is 0 Å². The largest absolute Gasteiger partial charge is 0.497 e. The third-order valence-electron chi connectivity index (χ3n) is 5.86. The molecule has 1 aliphatic rings. The number of carbonyl (C=O) groups excluding carboxylic acids is 1. The molecule has 2 aromatic carbocycles. The Labute approximate surface area is 201 Å². The average Bonchev–Trinajstić information content (AvgIpc) is 3.32. The molecule has 2 aromatic heterocycles. The van der Waals surface area contributed by atoms with Crippen molar-refractivity contribution >= 4 is 34.4 Å². The zero-order chi connectivity index (χ0) is 23.7. The molecule has 5 rings (SSSR count). The van der Waals surface area contributed by atoms with Crippen molar-refractivity contribution in [1.82, 2.24) is 24.6 Å². The van der Waals surface area contributed by atoms with Crippen LogP contribution in [0.2, 0.25) is 5.02 Å². The van der Waals surface area contributed by atoms with Crippen molar-refractivity contribution in [3.63, 3.8) is 0 Å². The predicted octanol–water partition coefficient (Wildman–Crippen LogP) is 3.45. The zero-order valence-corrected chi connectivity index (χ0v) is 19.6. The van der Waals surface area contributed by atoms with Gasteiger partial charge in [0.2, 0.25) is 0 Å². The molecule has 1 fully saturated rings. The number of methoxy groups -OCH3 is 2. The third kappa shape index (κ3) is 4.10. The van der Waals surface area contributed by atoms with Gasteiger partial charge in [-0.15, -0.1) is 0 Å². The fourth-order valence-electron chi connectivity index (χ4n) is 4.12. The summed E-state index contributed by atoms with van der Waals surface area (Å²) in [6.07, 6.45) is 3.31. The van der Waals surface area contributed by atoms with Crippen molar-refractivity contribution in [3.8, 4) is 17.2 Å². The van der Waals surface area contributed by atoms with Crippen molar-refractivity contribution in [2.75, 3.05) is 45.3 Å². The molecule has 1 aliphatic heterocycles. The van der Waals surface area contributed by atoms with Crippen LogP contribution < -0.4 is 14.4 Å². The second-order valence-corrected chi connectivity index (χ2v) is 8.29. The van der Waals surface area contributed by atoms with Gasteiger partial charge in [-0.2, -0.15) is 5.10 Å². The van der Waals surface area contributed by atoms with Crippen LogP contribution in [-0.2, 0) is 0 Å². The Balaban J connectivity index is 1.35. The maximum atomic E-state index is 13.1. The van der Waals surface area contributed by atoms with Gasteiger partial charge in [-0.3, -0.25) is 4.79 Å². The summed E-state index contributed by atoms with van der Waals surface area (Å²) in [4.78, 5) is 26.1. The van der Waals surface area contributed by atoms with Gasteiger partial charge in [-0.1, -0.05) is 17.7 Å². The Hall–Kier alpha value is -3.85. The fraction of sp³-hybridized carbons (Fsp3) is 0.250. The third-order valence-corrected chi connectivity index (χ3v) is 6.10. The van der Waals surface area contributed by atoms with Crippen LogP contribution in [-0.4, -0.2) is 71.0 Å². The van der Waals surface area contributed by atoms with Crippen molar-refractivity contribution in [3.05, 3.63) is 65.6 Å². The van der Waals surface area contributed by atoms with Crippen LogP contribution >= 0.6 is 11.6 Å². The summed E-state index contributed by atoms with van der Waals surface area (Å²) in [6, 6.07) is 12.7. The van der Waals surface area contributed by atoms with Crippen LogP contribution in [0.25, 0.3) is 16.7 Å². The van der Waals surface area contributed by atoms with Crippen molar-refractivity contribution in [2.24, 2.45) is 0 Å². The lowest BCUT2D eigenvalue weighted by Crippen LogP contribution is -2.49. The number of fused-ring (bicyclic) bond motifs is 1. The predicted molar refractivity (Wildman–Crippen MR) is 129 cm³/mol. The quantitative estimate of drug-likeness (QED) is 0.434. The zero-order valence-electron chi connectivity index (χ0n) is 18.8. The molecule has 1 saturated heterocycles. The SMILES string of the molecule is COc1cc(OC)cc(C(=O)N2CCN(c3ncnc4c3cnn4-c3cccc(Cl)c3)CC2)c1. The van der Waals surface area contributed by atoms with Crippen LogP contribution in [0.3, 0.4) is 0 Å². The normalized spacial score (nSPS) is 13.9. The summed E-state index contributed by atoms with van der Waals surface area (Å²) in [5, 5.41) is 5.99. The van der Waals surface area contributed by atoms with Gasteiger partial charge < -0.3 is 19.3 Å². The second-order valence-electron chi connectivity index (χ2n) is 7.85. The fourth-order valence-corrected chi connectivity index (χ4v) is 4.30. The maximum absolute atomic E-state index is 13.1. The topological polar surface area (TPSA) is 85.6 Å². The standard InChI is InChI=1S/C24H23ClN6O3/c1-33-19-10-16(11-20(13-19)34-2)24(32)30-8-6-29(7-9-30)22-21-14-28-31(23(21)27-15-26-22)18-5-3-4-17(25)12-18/h3-5,10-15H,6-9H2,1-2H3. The Kier molecular flexibility index (Phi) is 5.93. The lowest BCUT2D eigenvalue weighted by atomic mass is 10.1. The molecule has 174 valence electrons. The molecule has 10 heteroatoms. The van der Waals surface area contributed by atoms with Crippen molar-refractivity contribution in [2.45, 2.75) is 0 Å². The highest BCUT2D eigenvalue weighted by Crippen LogP contribution is 2.27. The number of hydrogen-bond donors (Lipinski definition) is 0. The van der Waals surface area contributed by atoms with Crippen LogP contribution in [0.5, 0.6) is 11.5 Å². The summed E-state index contributed by atoms with van der Waals surface area (Å²) in [6.45, 7) is 2.40. The molecule has 9 nitrogen and oxygen atoms in total. The number of rotatable bonds is 5. The Morgan fingerprint density at radius 2 is 1.71 bits per heavy atom. The van der Waals surface area contributed by atoms with Gasteiger partial charge in [-0.25, -0.2) is 14.6 Å². The van der Waals surface area contributed by atoms with E-state index in [4.69, 9.17) is 21.1 Å². The van der Waals surface area contributed by atoms with Gasteiger partial charge in [0.05, 0.1) is 31.5 Å². The molecule has 1 amide bonds. The molecule has 0 radical (unpaired) electrons. The summed E-state index contributed by atoms with van der Waals surface area (Å²) < 4.78 is 12.4. The number of carbonyl (C=O) groups is 1. The van der Waals surface area contributed by atoms with E-state index in [9.17, 15) is 4.79 Å². The molecular weight excluding hydrogens is 456 g/mol. The monoisotopic (exact) mass is 478 g/mol. The first-order valence-electron chi connectivity index (χ1n) is 10.8. The average molecular weight is 479 g/mol. The molecule has 4 aromatic rings. The maximum Gasteiger partial charge on any atom is 0.254 e. The number of aromatic nitrogens is 4. The first-order valence-corrected chi connectivity index (χ1v) is 11.2. The summed E-state index contributed by atoms with van der Waals surface area (Å²) in [7, 11) is 3.14. The van der Waals surface area contributed by atoms with E-state index >= 15 is 0 Å². The summed E-state index contributed by atoms with van der Waals surface area (Å²) >= 11 is 6.16. The molecular formula is C24H23ClN6O3. The van der Waals surface area contributed by atoms with E-state index in [-0.39, 0.29) is 5.91 Å². The van der Waals surface area contributed by atoms with Gasteiger partial charge in [-0.05, 0) is 30.3 Å². The van der Waals surface area contributed by atoms with Gasteiger partial charge in [0.15, 0.2) is 5.65 Å². The number of benzene rings is 2. The second kappa shape index (κ2) is 9.18. The first kappa shape index (κ1) is 22.0. The summed E-state index contributed by atoms with van der Waals surface area (Å²) in [5.74, 6) is 1.91. The molecule has 0 unspecified atom stereocenters. The molecule has 0 aliphatic carbocycles. The smallest absolute Gasteiger partial charge is 0.254 e. The minimum Gasteiger partial charge on any atom is -0.497 e. The molecule has 0 N–H and O–H groups in total. The molecule has 0 bridgehead atoms. The van der Waals surface area contributed by atoms with Crippen LogP contribution in [0.15, 0.2) is 55.0 Å². The van der Waals surface area contributed by atoms with Crippen molar-refractivity contribution < 1.29 is 14.3 Å². The highest BCUT2D eigenvalue weighted by atomic mass is 35.5. The van der Waals surface area contributed by atoms with E-state index in [1.807, 2.05) is 29.2 Å². The Bertz CT molecular complexity index is 1330. The number of nitrogens with zero attached hydrogens (tertiary/aromatic N) is 6. The van der Waals surface area contributed by atoms with E-state index in [0.29, 0.717) is 53.9 Å². The van der Waals surface area contributed by atoms with Crippen LogP contribution in [0.4, 0.5) is 5.82 Å². The van der Waals surface area contributed by atoms with E-state index in [1.54, 1.807) is 49.6 Å². The number of anilines is 1. The number of amides is 1. The molecule has 34 heavy (non-hydrogen) atoms. The molecule has 0 atom stereocenters.